The van der Waals surface area contributed by atoms with Crippen LogP contribution in [-0.2, 0) is 6.54 Å². The van der Waals surface area contributed by atoms with E-state index in [4.69, 9.17) is 0 Å². The van der Waals surface area contributed by atoms with Crippen LogP contribution in [0.15, 0.2) is 24.5 Å². The lowest BCUT2D eigenvalue weighted by Gasteiger charge is -2.03. The second-order valence-electron chi connectivity index (χ2n) is 7.56. The van der Waals surface area contributed by atoms with E-state index < -0.39 is 0 Å². The van der Waals surface area contributed by atoms with Gasteiger partial charge in [0.1, 0.15) is 6.54 Å². The monoisotopic (exact) mass is 367 g/mol. The SMILES string of the molecule is CCCCCCCCCCCCCCCCC[n+]1ccc(C)cc1.[Cl-]. The fourth-order valence-electron chi connectivity index (χ4n) is 3.35. The number of aromatic nitrogens is 1. The largest absolute Gasteiger partial charge is 1.00 e. The molecule has 0 aliphatic heterocycles. The number of rotatable bonds is 16. The molecule has 1 heterocycles. The van der Waals surface area contributed by atoms with Gasteiger partial charge in [0, 0.05) is 18.6 Å². The summed E-state index contributed by atoms with van der Waals surface area (Å²) >= 11 is 0. The maximum absolute atomic E-state index is 2.31. The summed E-state index contributed by atoms with van der Waals surface area (Å²) in [6.45, 7) is 5.62. The second kappa shape index (κ2) is 18.2. The number of pyridine rings is 1. The first-order valence-corrected chi connectivity index (χ1v) is 10.8. The van der Waals surface area contributed by atoms with Crippen LogP contribution in [0.3, 0.4) is 0 Å². The summed E-state index contributed by atoms with van der Waals surface area (Å²) < 4.78 is 2.31. The fraction of sp³-hybridized carbons (Fsp3) is 0.783. The maximum Gasteiger partial charge on any atom is 0.169 e. The van der Waals surface area contributed by atoms with Gasteiger partial charge in [-0.25, -0.2) is 4.57 Å². The predicted octanol–water partition coefficient (Wildman–Crippen LogP) is 4.16. The maximum atomic E-state index is 2.31. The topological polar surface area (TPSA) is 3.88 Å². The number of nitrogens with zero attached hydrogens (tertiary/aromatic N) is 1. The van der Waals surface area contributed by atoms with Crippen molar-refractivity contribution in [3.05, 3.63) is 30.1 Å². The van der Waals surface area contributed by atoms with Crippen molar-refractivity contribution in [3.63, 3.8) is 0 Å². The number of aryl methyl sites for hydroxylation is 2. The minimum absolute atomic E-state index is 0. The molecule has 0 aliphatic rings. The Hall–Kier alpha value is -0.560. The van der Waals surface area contributed by atoms with Gasteiger partial charge in [0.05, 0.1) is 0 Å². The molecule has 0 aromatic carbocycles. The number of hydrogen-bond acceptors (Lipinski definition) is 0. The van der Waals surface area contributed by atoms with Crippen LogP contribution >= 0.6 is 0 Å². The van der Waals surface area contributed by atoms with Crippen molar-refractivity contribution in [1.82, 2.24) is 0 Å². The van der Waals surface area contributed by atoms with Crippen molar-refractivity contribution in [3.8, 4) is 0 Å². The van der Waals surface area contributed by atoms with Crippen LogP contribution in [0, 0.1) is 6.92 Å². The quantitative estimate of drug-likeness (QED) is 0.305. The van der Waals surface area contributed by atoms with Crippen molar-refractivity contribution in [2.24, 2.45) is 0 Å². The van der Waals surface area contributed by atoms with E-state index in [0.29, 0.717) is 0 Å². The first-order valence-electron chi connectivity index (χ1n) is 10.8. The Labute approximate surface area is 164 Å². The average Bonchev–Trinajstić information content (AvgIpc) is 2.60. The predicted molar refractivity (Wildman–Crippen MR) is 106 cm³/mol. The van der Waals surface area contributed by atoms with Gasteiger partial charge in [0.15, 0.2) is 12.4 Å². The zero-order chi connectivity index (χ0) is 17.3. The molecule has 1 aromatic rings. The van der Waals surface area contributed by atoms with Crippen LogP contribution in [-0.4, -0.2) is 0 Å². The summed E-state index contributed by atoms with van der Waals surface area (Å²) in [5, 5.41) is 0. The Bertz CT molecular complexity index is 374. The standard InChI is InChI=1S/C23H42N.ClH/c1-3-4-5-6-7-8-9-10-11-12-13-14-15-16-17-20-24-21-18-23(2)19-22-24;/h18-19,21-22H,3-17,20H2,1-2H3;1H/q+1;/p-1. The Kier molecular flexibility index (Phi) is 17.8. The van der Waals surface area contributed by atoms with Gasteiger partial charge in [0.2, 0.25) is 0 Å². The first-order chi connectivity index (χ1) is 11.8. The van der Waals surface area contributed by atoms with E-state index in [1.54, 1.807) is 0 Å². The number of halogens is 1. The van der Waals surface area contributed by atoms with E-state index in [1.165, 1.54) is 108 Å². The van der Waals surface area contributed by atoms with Crippen molar-refractivity contribution in [2.45, 2.75) is 117 Å². The van der Waals surface area contributed by atoms with Crippen molar-refractivity contribution < 1.29 is 17.0 Å². The van der Waals surface area contributed by atoms with Crippen molar-refractivity contribution in [2.75, 3.05) is 0 Å². The third-order valence-corrected chi connectivity index (χ3v) is 5.08. The molecule has 1 rings (SSSR count). The molecule has 2 heteroatoms. The van der Waals surface area contributed by atoms with Gasteiger partial charge in [-0.15, -0.1) is 0 Å². The molecule has 0 radical (unpaired) electrons. The van der Waals surface area contributed by atoms with Gasteiger partial charge < -0.3 is 12.4 Å². The van der Waals surface area contributed by atoms with E-state index in [2.05, 4.69) is 42.9 Å². The Morgan fingerprint density at radius 1 is 0.600 bits per heavy atom. The van der Waals surface area contributed by atoms with Crippen LogP contribution in [0.5, 0.6) is 0 Å². The van der Waals surface area contributed by atoms with E-state index in [-0.39, 0.29) is 12.4 Å². The zero-order valence-corrected chi connectivity index (χ0v) is 17.7. The van der Waals surface area contributed by atoms with Gasteiger partial charge in [-0.3, -0.25) is 0 Å². The van der Waals surface area contributed by atoms with Gasteiger partial charge in [0.25, 0.3) is 0 Å². The molecule has 0 bridgehead atoms. The molecule has 0 unspecified atom stereocenters. The second-order valence-corrected chi connectivity index (χ2v) is 7.56. The molecule has 0 aliphatic carbocycles. The van der Waals surface area contributed by atoms with Crippen molar-refractivity contribution >= 4 is 0 Å². The molecule has 0 N–H and O–H groups in total. The zero-order valence-electron chi connectivity index (χ0n) is 16.9. The molecule has 0 atom stereocenters. The lowest BCUT2D eigenvalue weighted by Crippen LogP contribution is -3.00. The molecule has 146 valence electrons. The summed E-state index contributed by atoms with van der Waals surface area (Å²) in [7, 11) is 0. The molecule has 1 nitrogen and oxygen atoms in total. The van der Waals surface area contributed by atoms with Crippen LogP contribution < -0.4 is 17.0 Å². The van der Waals surface area contributed by atoms with E-state index in [0.717, 1.165) is 0 Å². The summed E-state index contributed by atoms with van der Waals surface area (Å²) in [4.78, 5) is 0. The Morgan fingerprint density at radius 3 is 1.36 bits per heavy atom. The van der Waals surface area contributed by atoms with E-state index in [9.17, 15) is 0 Å². The lowest BCUT2D eigenvalue weighted by molar-refractivity contribution is -0.697. The highest BCUT2D eigenvalue weighted by Gasteiger charge is 1.99. The summed E-state index contributed by atoms with van der Waals surface area (Å²) in [5.41, 5.74) is 1.35. The third-order valence-electron chi connectivity index (χ3n) is 5.08. The molecule has 0 amide bonds. The molecular formula is C23H42ClN. The number of unbranched alkanes of at least 4 members (excludes halogenated alkanes) is 14. The average molecular weight is 368 g/mol. The molecule has 0 spiro atoms. The Balaban J connectivity index is 0.00000576. The van der Waals surface area contributed by atoms with Gasteiger partial charge in [-0.1, -0.05) is 90.4 Å². The molecule has 25 heavy (non-hydrogen) atoms. The van der Waals surface area contributed by atoms with Crippen molar-refractivity contribution in [1.29, 1.82) is 0 Å². The molecular weight excluding hydrogens is 326 g/mol. The van der Waals surface area contributed by atoms with Gasteiger partial charge in [-0.05, 0) is 18.9 Å². The molecule has 1 aromatic heterocycles. The van der Waals surface area contributed by atoms with Gasteiger partial charge in [-0.2, -0.15) is 0 Å². The molecule has 0 saturated carbocycles. The van der Waals surface area contributed by atoms with Crippen LogP contribution in [0.2, 0.25) is 0 Å². The number of hydrogen-bond donors (Lipinski definition) is 0. The van der Waals surface area contributed by atoms with Crippen LogP contribution in [0.4, 0.5) is 0 Å². The first kappa shape index (κ1) is 24.4. The van der Waals surface area contributed by atoms with E-state index >= 15 is 0 Å². The van der Waals surface area contributed by atoms with Gasteiger partial charge >= 0.3 is 0 Å². The highest BCUT2D eigenvalue weighted by atomic mass is 35.5. The molecule has 0 saturated heterocycles. The Morgan fingerprint density at radius 2 is 0.960 bits per heavy atom. The van der Waals surface area contributed by atoms with Crippen LogP contribution in [0.25, 0.3) is 0 Å². The van der Waals surface area contributed by atoms with Crippen LogP contribution in [0.1, 0.15) is 109 Å². The summed E-state index contributed by atoms with van der Waals surface area (Å²) in [5.74, 6) is 0. The smallest absolute Gasteiger partial charge is 0.169 e. The molecule has 0 fully saturated rings. The lowest BCUT2D eigenvalue weighted by atomic mass is 10.0. The summed E-state index contributed by atoms with van der Waals surface area (Å²) in [6.07, 6.45) is 26.0. The highest BCUT2D eigenvalue weighted by Crippen LogP contribution is 2.13. The normalized spacial score (nSPS) is 10.6. The van der Waals surface area contributed by atoms with E-state index in [1.807, 2.05) is 0 Å². The third kappa shape index (κ3) is 15.4. The fourth-order valence-corrected chi connectivity index (χ4v) is 3.35. The minimum atomic E-state index is 0. The highest BCUT2D eigenvalue weighted by molar-refractivity contribution is 5.03. The summed E-state index contributed by atoms with van der Waals surface area (Å²) in [6, 6.07) is 4.40. The minimum Gasteiger partial charge on any atom is -1.00 e.